The molecule has 0 saturated carbocycles. The number of benzene rings is 2. The van der Waals surface area contributed by atoms with Gasteiger partial charge in [0.1, 0.15) is 0 Å². The fraction of sp³-hybridized carbons (Fsp3) is 0.364. The van der Waals surface area contributed by atoms with Gasteiger partial charge in [-0.3, -0.25) is 0 Å². The average Bonchev–Trinajstić information content (AvgIpc) is 2.57. The Labute approximate surface area is 143 Å². The highest BCUT2D eigenvalue weighted by atomic mass is 31.1. The standard InChI is InChI=1S/C22H29P/c1-4-5-12-17-22(2,3)18-19-23(20-13-8-6-9-14-20)21-15-10-7-11-16-21/h4,6-11,13-16H,1,5,12,17-19H2,2-3H3. The van der Waals surface area contributed by atoms with Crippen LogP contribution in [-0.2, 0) is 0 Å². The summed E-state index contributed by atoms with van der Waals surface area (Å²) in [7, 11) is -0.254. The molecule has 0 aliphatic carbocycles. The van der Waals surface area contributed by atoms with Gasteiger partial charge in [0.2, 0.25) is 0 Å². The summed E-state index contributed by atoms with van der Waals surface area (Å²) < 4.78 is 0. The first-order valence-electron chi connectivity index (χ1n) is 8.61. The SMILES string of the molecule is C=CCCCC(C)(C)CCP(c1ccccc1)c1ccccc1. The Bertz CT molecular complexity index is 532. The van der Waals surface area contributed by atoms with E-state index in [0.29, 0.717) is 5.41 Å². The van der Waals surface area contributed by atoms with Crippen molar-refractivity contribution in [1.82, 2.24) is 0 Å². The molecule has 0 atom stereocenters. The molecule has 2 aromatic rings. The molecule has 122 valence electrons. The maximum absolute atomic E-state index is 3.84. The van der Waals surface area contributed by atoms with E-state index in [0.717, 1.165) is 6.42 Å². The van der Waals surface area contributed by atoms with Crippen LogP contribution in [0.5, 0.6) is 0 Å². The zero-order valence-corrected chi connectivity index (χ0v) is 15.4. The van der Waals surface area contributed by atoms with E-state index in [1.807, 2.05) is 6.08 Å². The van der Waals surface area contributed by atoms with Gasteiger partial charge in [0.15, 0.2) is 0 Å². The lowest BCUT2D eigenvalue weighted by Crippen LogP contribution is -2.19. The average molecular weight is 324 g/mol. The van der Waals surface area contributed by atoms with E-state index in [1.54, 1.807) is 0 Å². The van der Waals surface area contributed by atoms with Gasteiger partial charge in [0, 0.05) is 0 Å². The van der Waals surface area contributed by atoms with Crippen LogP contribution < -0.4 is 10.6 Å². The molecule has 0 unspecified atom stereocenters. The minimum absolute atomic E-state index is 0.254. The Balaban J connectivity index is 2.08. The zero-order chi connectivity index (χ0) is 16.5. The lowest BCUT2D eigenvalue weighted by Gasteiger charge is -2.28. The Morgan fingerprint density at radius 1 is 0.870 bits per heavy atom. The number of allylic oxidation sites excluding steroid dienone is 1. The predicted octanol–water partition coefficient (Wildman–Crippen LogP) is 5.89. The molecule has 0 N–H and O–H groups in total. The highest BCUT2D eigenvalue weighted by Crippen LogP contribution is 2.39. The topological polar surface area (TPSA) is 0 Å². The summed E-state index contributed by atoms with van der Waals surface area (Å²) in [5.74, 6) is 0. The van der Waals surface area contributed by atoms with Crippen molar-refractivity contribution in [3.05, 3.63) is 73.3 Å². The van der Waals surface area contributed by atoms with Crippen molar-refractivity contribution in [2.75, 3.05) is 6.16 Å². The smallest absolute Gasteiger partial charge is 0.0195 e. The van der Waals surface area contributed by atoms with Gasteiger partial charge in [-0.05, 0) is 55.8 Å². The summed E-state index contributed by atoms with van der Waals surface area (Å²) >= 11 is 0. The second-order valence-corrected chi connectivity index (χ2v) is 9.25. The van der Waals surface area contributed by atoms with Gasteiger partial charge in [0.25, 0.3) is 0 Å². The second kappa shape index (κ2) is 9.04. The van der Waals surface area contributed by atoms with E-state index in [1.165, 1.54) is 36.0 Å². The fourth-order valence-electron chi connectivity index (χ4n) is 2.89. The normalized spacial score (nSPS) is 11.6. The highest BCUT2D eigenvalue weighted by molar-refractivity contribution is 7.73. The van der Waals surface area contributed by atoms with Crippen LogP contribution in [0.15, 0.2) is 73.3 Å². The summed E-state index contributed by atoms with van der Waals surface area (Å²) in [6.45, 7) is 8.67. The zero-order valence-electron chi connectivity index (χ0n) is 14.5. The lowest BCUT2D eigenvalue weighted by molar-refractivity contribution is 0.316. The third kappa shape index (κ3) is 5.96. The van der Waals surface area contributed by atoms with Crippen LogP contribution in [0, 0.1) is 5.41 Å². The molecule has 0 nitrogen and oxygen atoms in total. The van der Waals surface area contributed by atoms with Gasteiger partial charge < -0.3 is 0 Å². The van der Waals surface area contributed by atoms with Crippen LogP contribution in [0.1, 0.15) is 39.5 Å². The molecule has 0 fully saturated rings. The molecule has 1 heteroatoms. The molecule has 0 aromatic heterocycles. The molecular weight excluding hydrogens is 295 g/mol. The van der Waals surface area contributed by atoms with E-state index < -0.39 is 0 Å². The van der Waals surface area contributed by atoms with Crippen LogP contribution >= 0.6 is 7.92 Å². The molecule has 0 amide bonds. The van der Waals surface area contributed by atoms with Crippen LogP contribution in [0.2, 0.25) is 0 Å². The maximum atomic E-state index is 3.84. The number of rotatable bonds is 9. The Hall–Kier alpha value is -1.39. The third-order valence-electron chi connectivity index (χ3n) is 4.41. The summed E-state index contributed by atoms with van der Waals surface area (Å²) in [5.41, 5.74) is 0.410. The largest absolute Gasteiger partial charge is 0.103 e. The highest BCUT2D eigenvalue weighted by Gasteiger charge is 2.21. The van der Waals surface area contributed by atoms with Gasteiger partial charge >= 0.3 is 0 Å². The summed E-state index contributed by atoms with van der Waals surface area (Å²) in [4.78, 5) is 0. The molecule has 0 spiro atoms. The van der Waals surface area contributed by atoms with E-state index >= 15 is 0 Å². The number of hydrogen-bond acceptors (Lipinski definition) is 0. The maximum Gasteiger partial charge on any atom is -0.0195 e. The van der Waals surface area contributed by atoms with Crippen molar-refractivity contribution in [2.45, 2.75) is 39.5 Å². The number of hydrogen-bond donors (Lipinski definition) is 0. The molecule has 0 aliphatic rings. The minimum Gasteiger partial charge on any atom is -0.103 e. The number of unbranched alkanes of at least 4 members (excludes halogenated alkanes) is 1. The van der Waals surface area contributed by atoms with Gasteiger partial charge in [0.05, 0.1) is 0 Å². The second-order valence-electron chi connectivity index (χ2n) is 6.92. The first-order chi connectivity index (χ1) is 11.1. The van der Waals surface area contributed by atoms with Gasteiger partial charge in [-0.2, -0.15) is 0 Å². The third-order valence-corrected chi connectivity index (χ3v) is 6.92. The fourth-order valence-corrected chi connectivity index (χ4v) is 5.60. The van der Waals surface area contributed by atoms with E-state index in [2.05, 4.69) is 81.1 Å². The minimum atomic E-state index is -0.254. The lowest BCUT2D eigenvalue weighted by atomic mass is 9.84. The van der Waals surface area contributed by atoms with Crippen molar-refractivity contribution in [3.8, 4) is 0 Å². The van der Waals surface area contributed by atoms with Crippen LogP contribution in [-0.4, -0.2) is 6.16 Å². The van der Waals surface area contributed by atoms with Crippen molar-refractivity contribution in [3.63, 3.8) is 0 Å². The van der Waals surface area contributed by atoms with Crippen molar-refractivity contribution in [2.24, 2.45) is 5.41 Å². The van der Waals surface area contributed by atoms with Gasteiger partial charge in [-0.25, -0.2) is 0 Å². The Morgan fingerprint density at radius 3 is 1.87 bits per heavy atom. The predicted molar refractivity (Wildman–Crippen MR) is 106 cm³/mol. The van der Waals surface area contributed by atoms with E-state index in [-0.39, 0.29) is 7.92 Å². The quantitative estimate of drug-likeness (QED) is 0.306. The first kappa shape index (κ1) is 18.0. The van der Waals surface area contributed by atoms with Crippen LogP contribution in [0.3, 0.4) is 0 Å². The molecule has 0 aliphatic heterocycles. The molecule has 23 heavy (non-hydrogen) atoms. The molecule has 0 radical (unpaired) electrons. The molecule has 2 rings (SSSR count). The molecule has 0 bridgehead atoms. The monoisotopic (exact) mass is 324 g/mol. The van der Waals surface area contributed by atoms with Crippen molar-refractivity contribution >= 4 is 18.5 Å². The van der Waals surface area contributed by atoms with Crippen molar-refractivity contribution in [1.29, 1.82) is 0 Å². The van der Waals surface area contributed by atoms with E-state index in [4.69, 9.17) is 0 Å². The van der Waals surface area contributed by atoms with Gasteiger partial charge in [-0.15, -0.1) is 6.58 Å². The Morgan fingerprint density at radius 2 is 1.39 bits per heavy atom. The Kier molecular flexibility index (Phi) is 7.06. The van der Waals surface area contributed by atoms with Crippen molar-refractivity contribution < 1.29 is 0 Å². The molecule has 0 heterocycles. The summed E-state index contributed by atoms with van der Waals surface area (Å²) in [5, 5.41) is 2.99. The molecule has 0 saturated heterocycles. The van der Waals surface area contributed by atoms with Crippen LogP contribution in [0.25, 0.3) is 0 Å². The summed E-state index contributed by atoms with van der Waals surface area (Å²) in [6, 6.07) is 22.1. The van der Waals surface area contributed by atoms with Gasteiger partial charge in [-0.1, -0.05) is 80.6 Å². The van der Waals surface area contributed by atoms with Crippen LogP contribution in [0.4, 0.5) is 0 Å². The summed E-state index contributed by atoms with van der Waals surface area (Å²) in [6.07, 6.45) is 8.26. The van der Waals surface area contributed by atoms with E-state index in [9.17, 15) is 0 Å². The molecule has 2 aromatic carbocycles. The molecular formula is C22H29P. The first-order valence-corrected chi connectivity index (χ1v) is 10.1.